The highest BCUT2D eigenvalue weighted by Crippen LogP contribution is 2.38. The molecule has 0 fully saturated rings. The van der Waals surface area contributed by atoms with Crippen molar-refractivity contribution in [3.8, 4) is 17.2 Å². The molecular formula is C16H16BrNO3. The normalized spacial score (nSPS) is 12.5. The number of ether oxygens (including phenoxy) is 2. The van der Waals surface area contributed by atoms with Gasteiger partial charge in [-0.25, -0.2) is 0 Å². The molecule has 0 saturated carbocycles. The van der Waals surface area contributed by atoms with Gasteiger partial charge in [-0.2, -0.15) is 0 Å². The number of hydrogen-bond acceptors (Lipinski definition) is 4. The van der Waals surface area contributed by atoms with Crippen molar-refractivity contribution in [1.82, 2.24) is 0 Å². The van der Waals surface area contributed by atoms with E-state index in [-0.39, 0.29) is 12.5 Å². The number of nitrogens with one attached hydrogen (secondary N) is 1. The summed E-state index contributed by atoms with van der Waals surface area (Å²) >= 11 is 3.57. The summed E-state index contributed by atoms with van der Waals surface area (Å²) in [5, 5.41) is 13.4. The van der Waals surface area contributed by atoms with E-state index < -0.39 is 0 Å². The van der Waals surface area contributed by atoms with Gasteiger partial charge in [0.1, 0.15) is 5.75 Å². The minimum absolute atomic E-state index is 0.202. The highest BCUT2D eigenvalue weighted by Gasteiger charge is 2.17. The average Bonchev–Trinajstić information content (AvgIpc) is 2.84. The Morgan fingerprint density at radius 3 is 2.57 bits per heavy atom. The van der Waals surface area contributed by atoms with Gasteiger partial charge in [-0.1, -0.05) is 6.07 Å². The van der Waals surface area contributed by atoms with Crippen LogP contribution in [0.2, 0.25) is 0 Å². The zero-order chi connectivity index (χ0) is 15.0. The van der Waals surface area contributed by atoms with Gasteiger partial charge in [0.2, 0.25) is 6.79 Å². The van der Waals surface area contributed by atoms with Crippen LogP contribution in [0.5, 0.6) is 17.2 Å². The molecule has 1 heterocycles. The summed E-state index contributed by atoms with van der Waals surface area (Å²) in [6.07, 6.45) is 0. The number of aromatic hydroxyl groups is 1. The van der Waals surface area contributed by atoms with E-state index in [0.29, 0.717) is 18.0 Å². The Hall–Kier alpha value is -1.88. The standard InChI is InChI=1S/C16H16BrNO3/c1-9-3-10(2)16(12(17)4-9)18-7-11-5-14-15(6-13(11)19)21-8-20-14/h3-6,18-19H,7-8H2,1-2H3. The van der Waals surface area contributed by atoms with Crippen molar-refractivity contribution in [2.45, 2.75) is 20.4 Å². The van der Waals surface area contributed by atoms with Crippen molar-refractivity contribution in [1.29, 1.82) is 0 Å². The first kappa shape index (κ1) is 14.1. The van der Waals surface area contributed by atoms with Crippen LogP contribution in [-0.2, 0) is 6.54 Å². The molecule has 0 radical (unpaired) electrons. The van der Waals surface area contributed by atoms with Crippen molar-refractivity contribution in [2.75, 3.05) is 12.1 Å². The molecule has 2 aromatic carbocycles. The smallest absolute Gasteiger partial charge is 0.231 e. The third-order valence-electron chi connectivity index (χ3n) is 3.46. The van der Waals surface area contributed by atoms with Gasteiger partial charge >= 0.3 is 0 Å². The van der Waals surface area contributed by atoms with Crippen molar-refractivity contribution in [2.24, 2.45) is 0 Å². The Morgan fingerprint density at radius 1 is 1.14 bits per heavy atom. The van der Waals surface area contributed by atoms with Crippen LogP contribution in [0, 0.1) is 13.8 Å². The monoisotopic (exact) mass is 349 g/mol. The SMILES string of the molecule is Cc1cc(C)c(NCc2cc3c(cc2O)OCO3)c(Br)c1. The van der Waals surface area contributed by atoms with Crippen LogP contribution in [0.25, 0.3) is 0 Å². The molecule has 2 aromatic rings. The second-order valence-corrected chi connectivity index (χ2v) is 5.98. The fraction of sp³-hybridized carbons (Fsp3) is 0.250. The lowest BCUT2D eigenvalue weighted by Gasteiger charge is -2.14. The molecule has 1 aliphatic rings. The molecule has 0 unspecified atom stereocenters. The summed E-state index contributed by atoms with van der Waals surface area (Å²) in [5.74, 6) is 1.46. The van der Waals surface area contributed by atoms with Gasteiger partial charge in [-0.05, 0) is 53.0 Å². The molecule has 21 heavy (non-hydrogen) atoms. The zero-order valence-electron chi connectivity index (χ0n) is 11.9. The van der Waals surface area contributed by atoms with E-state index in [9.17, 15) is 5.11 Å². The van der Waals surface area contributed by atoms with Crippen LogP contribution >= 0.6 is 15.9 Å². The summed E-state index contributed by atoms with van der Waals surface area (Å²) in [6.45, 7) is 4.82. The lowest BCUT2D eigenvalue weighted by atomic mass is 10.1. The minimum atomic E-state index is 0.202. The second-order valence-electron chi connectivity index (χ2n) is 5.13. The van der Waals surface area contributed by atoms with Gasteiger partial charge in [-0.15, -0.1) is 0 Å². The van der Waals surface area contributed by atoms with Crippen molar-refractivity contribution in [3.63, 3.8) is 0 Å². The molecule has 5 heteroatoms. The topological polar surface area (TPSA) is 50.7 Å². The first-order valence-corrected chi connectivity index (χ1v) is 7.46. The Kier molecular flexibility index (Phi) is 3.68. The second kappa shape index (κ2) is 5.48. The van der Waals surface area contributed by atoms with E-state index in [4.69, 9.17) is 9.47 Å². The zero-order valence-corrected chi connectivity index (χ0v) is 13.5. The Labute approximate surface area is 131 Å². The van der Waals surface area contributed by atoms with Crippen LogP contribution in [-0.4, -0.2) is 11.9 Å². The highest BCUT2D eigenvalue weighted by molar-refractivity contribution is 9.10. The molecule has 0 aliphatic carbocycles. The number of benzene rings is 2. The maximum atomic E-state index is 10.0. The summed E-state index contributed by atoms with van der Waals surface area (Å²) in [5.41, 5.74) is 4.15. The van der Waals surface area contributed by atoms with E-state index in [1.807, 2.05) is 6.07 Å². The van der Waals surface area contributed by atoms with Crippen LogP contribution < -0.4 is 14.8 Å². The maximum absolute atomic E-state index is 10.0. The van der Waals surface area contributed by atoms with Gasteiger partial charge in [0.15, 0.2) is 11.5 Å². The van der Waals surface area contributed by atoms with Gasteiger partial charge in [-0.3, -0.25) is 0 Å². The van der Waals surface area contributed by atoms with Crippen LogP contribution in [0.1, 0.15) is 16.7 Å². The van der Waals surface area contributed by atoms with Crippen LogP contribution in [0.4, 0.5) is 5.69 Å². The minimum Gasteiger partial charge on any atom is -0.507 e. The molecule has 3 rings (SSSR count). The molecule has 0 amide bonds. The van der Waals surface area contributed by atoms with Crippen molar-refractivity contribution in [3.05, 3.63) is 45.4 Å². The summed E-state index contributed by atoms with van der Waals surface area (Å²) in [4.78, 5) is 0. The van der Waals surface area contributed by atoms with Crippen molar-refractivity contribution < 1.29 is 14.6 Å². The molecule has 2 N–H and O–H groups in total. The molecular weight excluding hydrogens is 334 g/mol. The third-order valence-corrected chi connectivity index (χ3v) is 4.09. The molecule has 0 saturated heterocycles. The first-order valence-electron chi connectivity index (χ1n) is 6.66. The predicted molar refractivity (Wildman–Crippen MR) is 85.2 cm³/mol. The number of phenols is 1. The number of halogens is 1. The molecule has 0 bridgehead atoms. The van der Waals surface area contributed by atoms with Gasteiger partial charge in [0.25, 0.3) is 0 Å². The van der Waals surface area contributed by atoms with E-state index in [1.165, 1.54) is 5.56 Å². The van der Waals surface area contributed by atoms with Crippen molar-refractivity contribution >= 4 is 21.6 Å². The number of hydrogen-bond donors (Lipinski definition) is 2. The molecule has 1 aliphatic heterocycles. The number of anilines is 1. The number of aryl methyl sites for hydroxylation is 2. The molecule has 0 spiro atoms. The van der Waals surface area contributed by atoms with E-state index >= 15 is 0 Å². The molecule has 0 aromatic heterocycles. The Balaban J connectivity index is 1.83. The average molecular weight is 350 g/mol. The summed E-state index contributed by atoms with van der Waals surface area (Å²) in [7, 11) is 0. The largest absolute Gasteiger partial charge is 0.507 e. The van der Waals surface area contributed by atoms with Gasteiger partial charge in [0, 0.05) is 22.6 Å². The van der Waals surface area contributed by atoms with E-state index in [2.05, 4.69) is 47.2 Å². The molecule has 110 valence electrons. The van der Waals surface area contributed by atoms with Crippen LogP contribution in [0.3, 0.4) is 0 Å². The Morgan fingerprint density at radius 2 is 1.86 bits per heavy atom. The fourth-order valence-corrected chi connectivity index (χ4v) is 3.25. The summed E-state index contributed by atoms with van der Waals surface area (Å²) < 4.78 is 11.6. The van der Waals surface area contributed by atoms with E-state index in [0.717, 1.165) is 21.3 Å². The number of phenolic OH excluding ortho intramolecular Hbond substituents is 1. The maximum Gasteiger partial charge on any atom is 0.231 e. The van der Waals surface area contributed by atoms with Gasteiger partial charge < -0.3 is 19.9 Å². The number of fused-ring (bicyclic) bond motifs is 1. The summed E-state index contributed by atoms with van der Waals surface area (Å²) in [6, 6.07) is 7.58. The molecule has 0 atom stereocenters. The predicted octanol–water partition coefficient (Wildman–Crippen LogP) is 4.11. The lowest BCUT2D eigenvalue weighted by Crippen LogP contribution is -2.02. The highest BCUT2D eigenvalue weighted by atomic mass is 79.9. The van der Waals surface area contributed by atoms with Crippen LogP contribution in [0.15, 0.2) is 28.7 Å². The Bertz CT molecular complexity index is 677. The van der Waals surface area contributed by atoms with E-state index in [1.54, 1.807) is 6.07 Å². The quantitative estimate of drug-likeness (QED) is 0.875. The fourth-order valence-electron chi connectivity index (χ4n) is 2.44. The third kappa shape index (κ3) is 2.78. The number of rotatable bonds is 3. The van der Waals surface area contributed by atoms with Gasteiger partial charge in [0.05, 0.1) is 5.69 Å². The first-order chi connectivity index (χ1) is 10.0. The molecule has 4 nitrogen and oxygen atoms in total. The lowest BCUT2D eigenvalue weighted by molar-refractivity contribution is 0.174.